The van der Waals surface area contributed by atoms with Gasteiger partial charge in [-0.25, -0.2) is 13.5 Å². The summed E-state index contributed by atoms with van der Waals surface area (Å²) in [5, 5.41) is 6.54. The van der Waals surface area contributed by atoms with Gasteiger partial charge < -0.3 is 5.32 Å². The maximum Gasteiger partial charge on any atom is 0.433 e. The summed E-state index contributed by atoms with van der Waals surface area (Å²) in [5.74, 6) is -2.63. The minimum Gasteiger partial charge on any atom is -0.344 e. The van der Waals surface area contributed by atoms with E-state index in [9.17, 15) is 26.7 Å². The molecule has 1 amide bonds. The van der Waals surface area contributed by atoms with Crippen molar-refractivity contribution in [2.24, 2.45) is 4.99 Å². The first-order valence-corrected chi connectivity index (χ1v) is 9.28. The van der Waals surface area contributed by atoms with E-state index in [1.165, 1.54) is 24.5 Å². The average Bonchev–Trinajstić information content (AvgIpc) is 3.20. The highest BCUT2D eigenvalue weighted by atomic mass is 19.4. The van der Waals surface area contributed by atoms with Crippen LogP contribution in [0.25, 0.3) is 11.3 Å². The first-order valence-electron chi connectivity index (χ1n) is 9.28. The number of hydrogen-bond donors (Lipinski definition) is 1. The van der Waals surface area contributed by atoms with Gasteiger partial charge in [0.1, 0.15) is 17.5 Å². The summed E-state index contributed by atoms with van der Waals surface area (Å²) in [6, 6.07) is 5.77. The van der Waals surface area contributed by atoms with E-state index in [1.807, 2.05) is 0 Å². The fourth-order valence-electron chi connectivity index (χ4n) is 3.09. The van der Waals surface area contributed by atoms with Crippen LogP contribution in [0.2, 0.25) is 0 Å². The van der Waals surface area contributed by atoms with Crippen LogP contribution in [0.1, 0.15) is 16.1 Å². The van der Waals surface area contributed by atoms with Gasteiger partial charge in [-0.3, -0.25) is 14.8 Å². The van der Waals surface area contributed by atoms with E-state index in [1.54, 1.807) is 12.1 Å². The standard InChI is InChI=1S/C21H14F5N5O/c22-14-6-13(7-15(23)8-14)20(32)29-16-3-4-19(28-11-16)31-18(21(24,25)26)9-17(30-31)12-2-1-5-27-10-12/h1-10,16H,11H2,(H,29,32)/t16-/m1/s1. The zero-order chi connectivity index (χ0) is 22.9. The number of hydrogen-bond acceptors (Lipinski definition) is 4. The summed E-state index contributed by atoms with van der Waals surface area (Å²) in [6.07, 6.45) is 0.922. The first kappa shape index (κ1) is 21.3. The average molecular weight is 447 g/mol. The Balaban J connectivity index is 1.54. The normalized spacial score (nSPS) is 16.0. The summed E-state index contributed by atoms with van der Waals surface area (Å²) in [7, 11) is 0. The number of halogens is 5. The van der Waals surface area contributed by atoms with Crippen molar-refractivity contribution in [1.82, 2.24) is 20.1 Å². The number of pyridine rings is 1. The molecule has 0 aliphatic carbocycles. The summed E-state index contributed by atoms with van der Waals surface area (Å²) in [4.78, 5) is 20.2. The van der Waals surface area contributed by atoms with Crippen LogP contribution in [0.3, 0.4) is 0 Å². The van der Waals surface area contributed by atoms with Crippen LogP contribution in [-0.4, -0.2) is 39.1 Å². The Labute approximate surface area is 178 Å². The lowest BCUT2D eigenvalue weighted by atomic mass is 10.1. The molecule has 0 fully saturated rings. The molecule has 6 nitrogen and oxygen atoms in total. The third kappa shape index (κ3) is 4.56. The Morgan fingerprint density at radius 2 is 1.88 bits per heavy atom. The second kappa shape index (κ2) is 8.33. The molecule has 0 spiro atoms. The van der Waals surface area contributed by atoms with Crippen LogP contribution in [0.15, 0.2) is 65.9 Å². The fourth-order valence-corrected chi connectivity index (χ4v) is 3.09. The number of dihydropyridines is 1. The molecule has 0 bridgehead atoms. The summed E-state index contributed by atoms with van der Waals surface area (Å²) in [5.41, 5.74) is -0.759. The molecular weight excluding hydrogens is 433 g/mol. The monoisotopic (exact) mass is 447 g/mol. The molecule has 2 aromatic heterocycles. The highest BCUT2D eigenvalue weighted by Gasteiger charge is 2.37. The number of rotatable bonds is 3. The third-order valence-electron chi connectivity index (χ3n) is 4.54. The van der Waals surface area contributed by atoms with Crippen molar-refractivity contribution in [2.45, 2.75) is 12.2 Å². The second-order valence-electron chi connectivity index (χ2n) is 6.86. The van der Waals surface area contributed by atoms with Gasteiger partial charge >= 0.3 is 6.18 Å². The van der Waals surface area contributed by atoms with Gasteiger partial charge in [-0.1, -0.05) is 6.08 Å². The molecule has 0 unspecified atom stereocenters. The number of carbonyl (C=O) groups excluding carboxylic acids is 1. The van der Waals surface area contributed by atoms with Crippen molar-refractivity contribution in [3.05, 3.63) is 83.8 Å². The van der Waals surface area contributed by atoms with Gasteiger partial charge in [0.2, 0.25) is 0 Å². The molecule has 1 N–H and O–H groups in total. The zero-order valence-corrected chi connectivity index (χ0v) is 16.1. The van der Waals surface area contributed by atoms with Crippen LogP contribution in [0.5, 0.6) is 0 Å². The van der Waals surface area contributed by atoms with Crippen molar-refractivity contribution in [1.29, 1.82) is 0 Å². The van der Waals surface area contributed by atoms with Crippen LogP contribution >= 0.6 is 0 Å². The van der Waals surface area contributed by atoms with Crippen LogP contribution in [0, 0.1) is 11.6 Å². The Morgan fingerprint density at radius 3 is 2.47 bits per heavy atom. The van der Waals surface area contributed by atoms with E-state index in [0.29, 0.717) is 16.3 Å². The number of nitrogens with zero attached hydrogens (tertiary/aromatic N) is 4. The molecule has 4 rings (SSSR count). The number of alkyl halides is 3. The number of nitrogens with one attached hydrogen (secondary N) is 1. The van der Waals surface area contributed by atoms with Crippen molar-refractivity contribution < 1.29 is 26.7 Å². The van der Waals surface area contributed by atoms with Crippen molar-refractivity contribution in [2.75, 3.05) is 6.54 Å². The fraction of sp³-hybridized carbons (Fsp3) is 0.143. The number of allylic oxidation sites excluding steroid dienone is 1. The summed E-state index contributed by atoms with van der Waals surface area (Å²) < 4.78 is 68.0. The predicted molar refractivity (Wildman–Crippen MR) is 105 cm³/mol. The SMILES string of the molecule is O=C(N[C@@H]1C=CC(n2nc(-c3cccnc3)cc2C(F)(F)F)=NC1)c1cc(F)cc(F)c1. The lowest BCUT2D eigenvalue weighted by molar-refractivity contribution is -0.142. The molecule has 0 saturated carbocycles. The van der Waals surface area contributed by atoms with Crippen molar-refractivity contribution >= 4 is 11.7 Å². The molecule has 32 heavy (non-hydrogen) atoms. The van der Waals surface area contributed by atoms with Gasteiger partial charge in [0.25, 0.3) is 5.91 Å². The number of amides is 1. The van der Waals surface area contributed by atoms with E-state index in [2.05, 4.69) is 20.4 Å². The second-order valence-corrected chi connectivity index (χ2v) is 6.86. The number of aliphatic imine (C=N–C) groups is 1. The topological polar surface area (TPSA) is 72.2 Å². The number of aromatic nitrogens is 3. The van der Waals surface area contributed by atoms with Crippen LogP contribution < -0.4 is 5.32 Å². The van der Waals surface area contributed by atoms with Gasteiger partial charge in [0.15, 0.2) is 5.69 Å². The predicted octanol–water partition coefficient (Wildman–Crippen LogP) is 3.86. The number of carbonyl (C=O) groups is 1. The quantitative estimate of drug-likeness (QED) is 0.620. The number of benzene rings is 1. The molecule has 3 aromatic rings. The molecule has 0 radical (unpaired) electrons. The Hall–Kier alpha value is -3.89. The van der Waals surface area contributed by atoms with E-state index < -0.39 is 35.5 Å². The Kier molecular flexibility index (Phi) is 5.56. The van der Waals surface area contributed by atoms with Crippen LogP contribution in [0.4, 0.5) is 22.0 Å². The minimum absolute atomic E-state index is 0.0742. The smallest absolute Gasteiger partial charge is 0.344 e. The van der Waals surface area contributed by atoms with Crippen molar-refractivity contribution in [3.8, 4) is 11.3 Å². The van der Waals surface area contributed by atoms with Gasteiger partial charge in [-0.2, -0.15) is 18.3 Å². The largest absolute Gasteiger partial charge is 0.433 e. The van der Waals surface area contributed by atoms with E-state index >= 15 is 0 Å². The van der Waals surface area contributed by atoms with E-state index in [0.717, 1.165) is 18.2 Å². The van der Waals surface area contributed by atoms with Crippen molar-refractivity contribution in [3.63, 3.8) is 0 Å². The molecule has 11 heteroatoms. The molecule has 1 atom stereocenters. The molecular formula is C21H14F5N5O. The maximum absolute atomic E-state index is 13.6. The summed E-state index contributed by atoms with van der Waals surface area (Å²) in [6.45, 7) is -0.0885. The van der Waals surface area contributed by atoms with Gasteiger partial charge in [0, 0.05) is 29.6 Å². The molecule has 164 valence electrons. The lowest BCUT2D eigenvalue weighted by Crippen LogP contribution is -2.38. The Morgan fingerprint density at radius 1 is 1.12 bits per heavy atom. The molecule has 0 saturated heterocycles. The molecule has 1 aliphatic heterocycles. The highest BCUT2D eigenvalue weighted by molar-refractivity contribution is 5.97. The molecule has 1 aliphatic rings. The van der Waals surface area contributed by atoms with E-state index in [4.69, 9.17) is 0 Å². The molecule has 1 aromatic carbocycles. The molecule has 3 heterocycles. The van der Waals surface area contributed by atoms with E-state index in [-0.39, 0.29) is 23.6 Å². The third-order valence-corrected chi connectivity index (χ3v) is 4.54. The highest BCUT2D eigenvalue weighted by Crippen LogP contribution is 2.32. The van der Waals surface area contributed by atoms with Gasteiger partial charge in [0.05, 0.1) is 18.3 Å². The zero-order valence-electron chi connectivity index (χ0n) is 16.1. The lowest BCUT2D eigenvalue weighted by Gasteiger charge is -2.18. The van der Waals surface area contributed by atoms with Gasteiger partial charge in [-0.05, 0) is 36.4 Å². The van der Waals surface area contributed by atoms with Crippen LogP contribution in [-0.2, 0) is 6.18 Å². The maximum atomic E-state index is 13.6. The Bertz CT molecular complexity index is 1200. The summed E-state index contributed by atoms with van der Waals surface area (Å²) >= 11 is 0. The first-order chi connectivity index (χ1) is 15.2. The van der Waals surface area contributed by atoms with Gasteiger partial charge in [-0.15, -0.1) is 0 Å². The minimum atomic E-state index is -4.68.